The lowest BCUT2D eigenvalue weighted by atomic mass is 10.3. The predicted molar refractivity (Wildman–Crippen MR) is 56.1 cm³/mol. The summed E-state index contributed by atoms with van der Waals surface area (Å²) in [6.45, 7) is 0. The van der Waals surface area contributed by atoms with Crippen molar-refractivity contribution in [3.63, 3.8) is 0 Å². The van der Waals surface area contributed by atoms with Gasteiger partial charge in [-0.2, -0.15) is 16.8 Å². The van der Waals surface area contributed by atoms with E-state index >= 15 is 0 Å². The van der Waals surface area contributed by atoms with E-state index in [2.05, 4.69) is 0 Å². The van der Waals surface area contributed by atoms with Gasteiger partial charge in [0.2, 0.25) is 4.90 Å². The Balaban J connectivity index is 4.13. The summed E-state index contributed by atoms with van der Waals surface area (Å²) in [5, 5.41) is 28.9. The maximum atomic E-state index is 10.9. The van der Waals surface area contributed by atoms with E-state index in [1.54, 1.807) is 0 Å². The summed E-state index contributed by atoms with van der Waals surface area (Å²) >= 11 is 0. The topological polar surface area (TPSA) is 192 Å². The second kappa shape index (κ2) is 4.30. The van der Waals surface area contributed by atoms with Crippen LogP contribution in [0.25, 0.3) is 0 Å². The van der Waals surface area contributed by atoms with Gasteiger partial charge < -0.3 is 10.2 Å². The second-order valence-electron chi connectivity index (χ2n) is 3.13. The Morgan fingerprint density at radius 3 is 1.84 bits per heavy atom. The molecule has 0 aliphatic heterocycles. The van der Waals surface area contributed by atoms with E-state index in [0.717, 1.165) is 0 Å². The van der Waals surface area contributed by atoms with Crippen molar-refractivity contribution in [2.24, 2.45) is 0 Å². The molecule has 0 saturated carbocycles. The lowest BCUT2D eigenvalue weighted by Gasteiger charge is -2.07. The van der Waals surface area contributed by atoms with Gasteiger partial charge in [-0.25, -0.2) is 0 Å². The molecular formula is C6H5NO10S2. The van der Waals surface area contributed by atoms with Crippen molar-refractivity contribution >= 4 is 25.9 Å². The number of hydrogen-bond donors (Lipinski definition) is 4. The highest BCUT2D eigenvalue weighted by Gasteiger charge is 2.38. The van der Waals surface area contributed by atoms with Gasteiger partial charge in [-0.1, -0.05) is 0 Å². The molecule has 0 bridgehead atoms. The average Bonchev–Trinajstić information content (AvgIpc) is 2.17. The molecule has 19 heavy (non-hydrogen) atoms. The first-order valence-corrected chi connectivity index (χ1v) is 6.93. The summed E-state index contributed by atoms with van der Waals surface area (Å²) in [7, 11) is -10.7. The highest BCUT2D eigenvalue weighted by Crippen LogP contribution is 2.43. The number of phenols is 2. The first-order valence-electron chi connectivity index (χ1n) is 4.05. The molecule has 0 aromatic heterocycles. The van der Waals surface area contributed by atoms with E-state index in [9.17, 15) is 32.1 Å². The maximum Gasteiger partial charge on any atom is 0.315 e. The van der Waals surface area contributed by atoms with Crippen LogP contribution in [-0.2, 0) is 20.2 Å². The van der Waals surface area contributed by atoms with Gasteiger partial charge in [0.25, 0.3) is 0 Å². The molecule has 0 saturated heterocycles. The van der Waals surface area contributed by atoms with Crippen LogP contribution < -0.4 is 0 Å². The second-order valence-corrected chi connectivity index (χ2v) is 5.88. The molecular weight excluding hydrogens is 310 g/mol. The smallest absolute Gasteiger partial charge is 0.315 e. The van der Waals surface area contributed by atoms with E-state index in [0.29, 0.717) is 0 Å². The largest absolute Gasteiger partial charge is 0.504 e. The van der Waals surface area contributed by atoms with Crippen molar-refractivity contribution in [1.29, 1.82) is 0 Å². The third-order valence-electron chi connectivity index (χ3n) is 1.89. The Kier molecular flexibility index (Phi) is 3.42. The zero-order valence-corrected chi connectivity index (χ0v) is 10.2. The third kappa shape index (κ3) is 2.73. The Labute approximate surface area is 105 Å². The molecule has 106 valence electrons. The van der Waals surface area contributed by atoms with Crippen molar-refractivity contribution in [2.45, 2.75) is 9.79 Å². The van der Waals surface area contributed by atoms with Crippen molar-refractivity contribution in [1.82, 2.24) is 0 Å². The molecule has 0 radical (unpaired) electrons. The summed E-state index contributed by atoms with van der Waals surface area (Å²) in [5.74, 6) is -3.02. The van der Waals surface area contributed by atoms with Gasteiger partial charge in [-0.15, -0.1) is 0 Å². The Bertz CT molecular complexity index is 762. The van der Waals surface area contributed by atoms with Gasteiger partial charge in [-0.3, -0.25) is 19.2 Å². The van der Waals surface area contributed by atoms with E-state index < -0.39 is 52.1 Å². The monoisotopic (exact) mass is 315 g/mol. The fourth-order valence-electron chi connectivity index (χ4n) is 1.22. The van der Waals surface area contributed by atoms with Crippen molar-refractivity contribution in [3.8, 4) is 11.5 Å². The van der Waals surface area contributed by atoms with Gasteiger partial charge in [-0.05, 0) is 0 Å². The highest BCUT2D eigenvalue weighted by atomic mass is 32.2. The molecule has 13 heteroatoms. The van der Waals surface area contributed by atoms with Gasteiger partial charge in [0.05, 0.1) is 4.92 Å². The zero-order chi connectivity index (χ0) is 15.2. The minimum Gasteiger partial charge on any atom is -0.504 e. The van der Waals surface area contributed by atoms with Crippen LogP contribution >= 0.6 is 0 Å². The van der Waals surface area contributed by atoms with E-state index in [-0.39, 0.29) is 6.07 Å². The standard InChI is InChI=1S/C6H5NO10S2/c8-2-1-3(18(12,13)14)4(7(10)11)6(5(2)9)19(15,16)17/h1,8-9H,(H,12,13,14)(H,15,16,17). The lowest BCUT2D eigenvalue weighted by molar-refractivity contribution is -0.391. The van der Waals surface area contributed by atoms with Crippen molar-refractivity contribution < 1.29 is 41.1 Å². The lowest BCUT2D eigenvalue weighted by Crippen LogP contribution is -2.10. The van der Waals surface area contributed by atoms with Crippen LogP contribution in [0.5, 0.6) is 11.5 Å². The molecule has 0 amide bonds. The fraction of sp³-hybridized carbons (Fsp3) is 0. The summed E-state index contributed by atoms with van der Waals surface area (Å²) in [6, 6.07) is 0.0669. The molecule has 1 aromatic rings. The maximum absolute atomic E-state index is 10.9. The number of rotatable bonds is 3. The minimum atomic E-state index is -5.44. The number of phenolic OH excluding ortho intramolecular Hbond substituents is 2. The SMILES string of the molecule is O=[N+]([O-])c1c(S(=O)(=O)O)cc(O)c(O)c1S(=O)(=O)O. The number of nitro benzene ring substituents is 1. The van der Waals surface area contributed by atoms with E-state index in [1.165, 1.54) is 0 Å². The third-order valence-corrected chi connectivity index (χ3v) is 3.66. The molecule has 11 nitrogen and oxygen atoms in total. The molecule has 1 aromatic carbocycles. The van der Waals surface area contributed by atoms with Crippen molar-refractivity contribution in [3.05, 3.63) is 16.2 Å². The number of nitro groups is 1. The molecule has 0 heterocycles. The number of aromatic hydroxyl groups is 2. The Hall–Kier alpha value is -1.96. The van der Waals surface area contributed by atoms with E-state index in [1.807, 2.05) is 0 Å². The molecule has 0 fully saturated rings. The molecule has 0 aliphatic rings. The summed E-state index contributed by atoms with van der Waals surface area (Å²) < 4.78 is 61.1. The van der Waals surface area contributed by atoms with Crippen LogP contribution in [0.2, 0.25) is 0 Å². The zero-order valence-electron chi connectivity index (χ0n) is 8.58. The quantitative estimate of drug-likeness (QED) is 0.244. The average molecular weight is 315 g/mol. The molecule has 0 unspecified atom stereocenters. The van der Waals surface area contributed by atoms with Crippen LogP contribution in [0.3, 0.4) is 0 Å². The number of hydrogen-bond acceptors (Lipinski definition) is 8. The Morgan fingerprint density at radius 1 is 1.05 bits per heavy atom. The number of benzene rings is 1. The Morgan fingerprint density at radius 2 is 1.53 bits per heavy atom. The summed E-state index contributed by atoms with van der Waals surface area (Å²) in [4.78, 5) is 5.66. The predicted octanol–water partition coefficient (Wildman–Crippen LogP) is -0.501. The fourth-order valence-corrected chi connectivity index (χ4v) is 2.74. The van der Waals surface area contributed by atoms with Crippen molar-refractivity contribution in [2.75, 3.05) is 0 Å². The normalized spacial score (nSPS) is 12.3. The van der Waals surface area contributed by atoms with E-state index in [4.69, 9.17) is 14.2 Å². The molecule has 4 N–H and O–H groups in total. The molecule has 1 rings (SSSR count). The summed E-state index contributed by atoms with van der Waals surface area (Å²) in [6.07, 6.45) is 0. The van der Waals surface area contributed by atoms with Gasteiger partial charge in [0.1, 0.15) is 0 Å². The minimum absolute atomic E-state index is 0.0669. The number of nitrogens with zero attached hydrogens (tertiary/aromatic N) is 1. The summed E-state index contributed by atoms with van der Waals surface area (Å²) in [5.41, 5.74) is -1.79. The highest BCUT2D eigenvalue weighted by molar-refractivity contribution is 7.87. The van der Waals surface area contributed by atoms with Gasteiger partial charge >= 0.3 is 25.9 Å². The van der Waals surface area contributed by atoms with Gasteiger partial charge in [0.15, 0.2) is 16.4 Å². The van der Waals surface area contributed by atoms with Crippen LogP contribution in [0.4, 0.5) is 5.69 Å². The van der Waals surface area contributed by atoms with Crippen LogP contribution in [0.15, 0.2) is 15.9 Å². The first-order chi connectivity index (χ1) is 8.37. The van der Waals surface area contributed by atoms with Gasteiger partial charge in [0, 0.05) is 6.07 Å². The van der Waals surface area contributed by atoms with Crippen LogP contribution in [0.1, 0.15) is 0 Å². The molecule has 0 aliphatic carbocycles. The van der Waals surface area contributed by atoms with Crippen LogP contribution in [-0.4, -0.2) is 41.1 Å². The van der Waals surface area contributed by atoms with Crippen LogP contribution in [0, 0.1) is 10.1 Å². The molecule has 0 spiro atoms. The first kappa shape index (κ1) is 15.1. The molecule has 0 atom stereocenters.